The van der Waals surface area contributed by atoms with Gasteiger partial charge in [-0.1, -0.05) is 0 Å². The minimum atomic E-state index is -0.738. The highest BCUT2D eigenvalue weighted by Crippen LogP contribution is 2.29. The first-order valence-electron chi connectivity index (χ1n) is 10.1. The first kappa shape index (κ1) is 21.0. The molecule has 0 aromatic heterocycles. The van der Waals surface area contributed by atoms with E-state index in [9.17, 15) is 18.4 Å². The van der Waals surface area contributed by atoms with E-state index < -0.39 is 11.6 Å². The van der Waals surface area contributed by atoms with Crippen LogP contribution in [0, 0.1) is 11.6 Å². The number of carbonyl (C=O) groups is 2. The summed E-state index contributed by atoms with van der Waals surface area (Å²) < 4.78 is 32.8. The maximum atomic E-state index is 14.0. The standard InChI is InChI=1S/C22H24F2N4O3/c1-13-11-28(16-9-17(23)22(31-2)18(24)10-16)6-5-27(13)12-21(30)25-15-3-4-19-14(7-15)8-20(29)26-19/h3-4,7,9-10,13H,5-6,8,11-12H2,1-2H3,(H,25,30)(H,26,29). The van der Waals surface area contributed by atoms with Gasteiger partial charge in [0.2, 0.25) is 11.8 Å². The van der Waals surface area contributed by atoms with E-state index in [1.54, 1.807) is 18.2 Å². The number of hydrogen-bond acceptors (Lipinski definition) is 5. The van der Waals surface area contributed by atoms with Crippen molar-refractivity contribution in [1.82, 2.24) is 4.90 Å². The lowest BCUT2D eigenvalue weighted by Gasteiger charge is -2.40. The number of piperazine rings is 1. The molecule has 2 amide bonds. The summed E-state index contributed by atoms with van der Waals surface area (Å²) in [6.07, 6.45) is 0.310. The molecule has 164 valence electrons. The summed E-state index contributed by atoms with van der Waals surface area (Å²) in [5, 5.41) is 5.64. The summed E-state index contributed by atoms with van der Waals surface area (Å²) in [4.78, 5) is 27.9. The molecule has 2 aromatic rings. The van der Waals surface area contributed by atoms with Gasteiger partial charge in [-0.3, -0.25) is 14.5 Å². The van der Waals surface area contributed by atoms with Crippen molar-refractivity contribution in [3.63, 3.8) is 0 Å². The van der Waals surface area contributed by atoms with Gasteiger partial charge in [0, 0.05) is 54.9 Å². The first-order chi connectivity index (χ1) is 14.8. The van der Waals surface area contributed by atoms with E-state index in [-0.39, 0.29) is 30.2 Å². The SMILES string of the molecule is COc1c(F)cc(N2CCN(CC(=O)Nc3ccc4c(c3)CC(=O)N4)C(C)C2)cc1F. The number of carbonyl (C=O) groups excluding carboxylic acids is 2. The van der Waals surface area contributed by atoms with Gasteiger partial charge >= 0.3 is 0 Å². The third-order valence-corrected chi connectivity index (χ3v) is 5.68. The molecule has 2 heterocycles. The van der Waals surface area contributed by atoms with E-state index in [0.717, 1.165) is 11.3 Å². The van der Waals surface area contributed by atoms with Crippen LogP contribution in [0.5, 0.6) is 5.75 Å². The van der Waals surface area contributed by atoms with Crippen molar-refractivity contribution in [2.75, 3.05) is 48.8 Å². The average Bonchev–Trinajstić information content (AvgIpc) is 3.08. The number of amides is 2. The number of nitrogens with zero attached hydrogens (tertiary/aromatic N) is 2. The molecule has 1 unspecified atom stereocenters. The lowest BCUT2D eigenvalue weighted by Crippen LogP contribution is -2.53. The normalized spacial score (nSPS) is 18.5. The van der Waals surface area contributed by atoms with Crippen molar-refractivity contribution in [3.8, 4) is 5.75 Å². The number of hydrogen-bond donors (Lipinski definition) is 2. The summed E-state index contributed by atoms with van der Waals surface area (Å²) in [5.41, 5.74) is 2.74. The lowest BCUT2D eigenvalue weighted by atomic mass is 10.1. The molecule has 31 heavy (non-hydrogen) atoms. The van der Waals surface area contributed by atoms with Crippen LogP contribution < -0.4 is 20.3 Å². The number of benzene rings is 2. The van der Waals surface area contributed by atoms with Crippen LogP contribution in [0.1, 0.15) is 12.5 Å². The van der Waals surface area contributed by atoms with Gasteiger partial charge in [-0.25, -0.2) is 8.78 Å². The Balaban J connectivity index is 1.35. The molecule has 2 N–H and O–H groups in total. The molecular formula is C22H24F2N4O3. The van der Waals surface area contributed by atoms with Crippen molar-refractivity contribution in [1.29, 1.82) is 0 Å². The Morgan fingerprint density at radius 2 is 1.97 bits per heavy atom. The number of halogens is 2. The van der Waals surface area contributed by atoms with Gasteiger partial charge in [0.25, 0.3) is 0 Å². The second-order valence-electron chi connectivity index (χ2n) is 7.85. The predicted molar refractivity (Wildman–Crippen MR) is 114 cm³/mol. The zero-order chi connectivity index (χ0) is 22.1. The summed E-state index contributed by atoms with van der Waals surface area (Å²) >= 11 is 0. The fourth-order valence-electron chi connectivity index (χ4n) is 4.08. The summed E-state index contributed by atoms with van der Waals surface area (Å²) in [6.45, 7) is 3.82. The minimum Gasteiger partial charge on any atom is -0.491 e. The summed E-state index contributed by atoms with van der Waals surface area (Å²) in [5.74, 6) is -2.07. The predicted octanol–water partition coefficient (Wildman–Crippen LogP) is 2.62. The maximum Gasteiger partial charge on any atom is 0.238 e. The summed E-state index contributed by atoms with van der Waals surface area (Å²) in [7, 11) is 1.23. The third kappa shape index (κ3) is 4.46. The Kier molecular flexibility index (Phi) is 5.77. The van der Waals surface area contributed by atoms with Crippen LogP contribution in [0.4, 0.5) is 25.8 Å². The number of anilines is 3. The smallest absolute Gasteiger partial charge is 0.238 e. The van der Waals surface area contributed by atoms with Gasteiger partial charge in [-0.15, -0.1) is 0 Å². The lowest BCUT2D eigenvalue weighted by molar-refractivity contribution is -0.118. The van der Waals surface area contributed by atoms with Gasteiger partial charge in [-0.2, -0.15) is 0 Å². The Morgan fingerprint density at radius 1 is 1.23 bits per heavy atom. The molecule has 2 aromatic carbocycles. The summed E-state index contributed by atoms with van der Waals surface area (Å²) in [6, 6.07) is 7.89. The molecule has 1 atom stereocenters. The van der Waals surface area contributed by atoms with Gasteiger partial charge < -0.3 is 20.3 Å². The average molecular weight is 430 g/mol. The van der Waals surface area contributed by atoms with E-state index in [2.05, 4.69) is 10.6 Å². The largest absolute Gasteiger partial charge is 0.491 e. The van der Waals surface area contributed by atoms with Crippen LogP contribution in [0.25, 0.3) is 0 Å². The van der Waals surface area contributed by atoms with E-state index in [0.29, 0.717) is 37.4 Å². The highest BCUT2D eigenvalue weighted by atomic mass is 19.1. The molecular weight excluding hydrogens is 406 g/mol. The van der Waals surface area contributed by atoms with Crippen LogP contribution in [-0.2, 0) is 16.0 Å². The number of methoxy groups -OCH3 is 1. The van der Waals surface area contributed by atoms with E-state index in [4.69, 9.17) is 4.74 Å². The maximum absolute atomic E-state index is 14.0. The van der Waals surface area contributed by atoms with Gasteiger partial charge in [0.15, 0.2) is 17.4 Å². The zero-order valence-electron chi connectivity index (χ0n) is 17.4. The van der Waals surface area contributed by atoms with Crippen LogP contribution in [0.3, 0.4) is 0 Å². The first-order valence-corrected chi connectivity index (χ1v) is 10.1. The fraction of sp³-hybridized carbons (Fsp3) is 0.364. The molecule has 9 heteroatoms. The van der Waals surface area contributed by atoms with Gasteiger partial charge in [0.1, 0.15) is 0 Å². The van der Waals surface area contributed by atoms with Crippen LogP contribution in [0.2, 0.25) is 0 Å². The number of nitrogens with one attached hydrogen (secondary N) is 2. The Hall–Kier alpha value is -3.20. The molecule has 0 saturated carbocycles. The molecule has 7 nitrogen and oxygen atoms in total. The number of ether oxygens (including phenoxy) is 1. The molecule has 2 aliphatic rings. The molecule has 0 aliphatic carbocycles. The van der Waals surface area contributed by atoms with Crippen molar-refractivity contribution in [2.45, 2.75) is 19.4 Å². The Bertz CT molecular complexity index is 1010. The molecule has 0 spiro atoms. The van der Waals surface area contributed by atoms with E-state index in [1.807, 2.05) is 16.7 Å². The van der Waals surface area contributed by atoms with E-state index in [1.165, 1.54) is 19.2 Å². The molecule has 1 fully saturated rings. The topological polar surface area (TPSA) is 73.9 Å². The van der Waals surface area contributed by atoms with Gasteiger partial charge in [0.05, 0.1) is 20.1 Å². The van der Waals surface area contributed by atoms with Crippen molar-refractivity contribution in [3.05, 3.63) is 47.5 Å². The molecule has 1 saturated heterocycles. The molecule has 0 bridgehead atoms. The van der Waals surface area contributed by atoms with Crippen LogP contribution in [0.15, 0.2) is 30.3 Å². The number of fused-ring (bicyclic) bond motifs is 1. The molecule has 2 aliphatic heterocycles. The minimum absolute atomic E-state index is 0.00886. The van der Waals surface area contributed by atoms with Crippen LogP contribution in [-0.4, -0.2) is 56.0 Å². The van der Waals surface area contributed by atoms with Crippen molar-refractivity contribution in [2.24, 2.45) is 0 Å². The van der Waals surface area contributed by atoms with Crippen molar-refractivity contribution >= 4 is 28.9 Å². The zero-order valence-corrected chi connectivity index (χ0v) is 17.4. The van der Waals surface area contributed by atoms with Crippen molar-refractivity contribution < 1.29 is 23.1 Å². The highest BCUT2D eigenvalue weighted by Gasteiger charge is 2.27. The Morgan fingerprint density at radius 3 is 2.65 bits per heavy atom. The molecule has 0 radical (unpaired) electrons. The number of rotatable bonds is 5. The monoisotopic (exact) mass is 430 g/mol. The molecule has 4 rings (SSSR count). The van der Waals surface area contributed by atoms with E-state index >= 15 is 0 Å². The second kappa shape index (κ2) is 8.50. The highest BCUT2D eigenvalue weighted by molar-refractivity contribution is 6.00. The van der Waals surface area contributed by atoms with Gasteiger partial charge in [-0.05, 0) is 30.7 Å². The quantitative estimate of drug-likeness (QED) is 0.763. The second-order valence-corrected chi connectivity index (χ2v) is 7.85. The van der Waals surface area contributed by atoms with Crippen LogP contribution >= 0.6 is 0 Å². The third-order valence-electron chi connectivity index (χ3n) is 5.68. The fourth-order valence-corrected chi connectivity index (χ4v) is 4.08. The Labute approximate surface area is 179 Å².